The fourth-order valence-electron chi connectivity index (χ4n) is 2.71. The van der Waals surface area contributed by atoms with Crippen molar-refractivity contribution >= 4 is 49.1 Å². The normalized spacial score (nSPS) is 19.3. The molecule has 1 unspecified atom stereocenters. The van der Waals surface area contributed by atoms with Gasteiger partial charge in [-0.25, -0.2) is 8.42 Å². The van der Waals surface area contributed by atoms with E-state index in [-0.39, 0.29) is 18.3 Å². The van der Waals surface area contributed by atoms with Gasteiger partial charge < -0.3 is 5.73 Å². The summed E-state index contributed by atoms with van der Waals surface area (Å²) in [6.07, 6.45) is 0.844. The van der Waals surface area contributed by atoms with Gasteiger partial charge in [0.2, 0.25) is 10.0 Å². The number of benzene rings is 2. The molecule has 1 aliphatic heterocycles. The van der Waals surface area contributed by atoms with E-state index in [1.165, 1.54) is 0 Å². The first-order valence-electron chi connectivity index (χ1n) is 6.90. The smallest absolute Gasteiger partial charge is 0.243 e. The molecule has 0 bridgehead atoms. The topological polar surface area (TPSA) is 63.4 Å². The van der Waals surface area contributed by atoms with Crippen LogP contribution in [0.1, 0.15) is 6.42 Å². The number of hydrogen-bond donors (Lipinski definition) is 1. The summed E-state index contributed by atoms with van der Waals surface area (Å²) in [5.74, 6) is 0.274. The maximum absolute atomic E-state index is 12.7. The molecule has 2 aromatic rings. The molecule has 3 rings (SSSR count). The van der Waals surface area contributed by atoms with Crippen LogP contribution in [0.4, 0.5) is 0 Å². The minimum atomic E-state index is -3.42. The molecule has 1 saturated heterocycles. The third-order valence-corrected chi connectivity index (χ3v) is 6.35. The molecule has 1 atom stereocenters. The van der Waals surface area contributed by atoms with Gasteiger partial charge >= 0.3 is 0 Å². The van der Waals surface area contributed by atoms with E-state index in [0.29, 0.717) is 24.5 Å². The van der Waals surface area contributed by atoms with Gasteiger partial charge in [-0.05, 0) is 53.9 Å². The van der Waals surface area contributed by atoms with Crippen molar-refractivity contribution in [1.29, 1.82) is 0 Å². The summed E-state index contributed by atoms with van der Waals surface area (Å²) < 4.78 is 27.9. The lowest BCUT2D eigenvalue weighted by Gasteiger charge is -2.16. The molecule has 4 nitrogen and oxygen atoms in total. The van der Waals surface area contributed by atoms with Crippen molar-refractivity contribution in [1.82, 2.24) is 4.31 Å². The summed E-state index contributed by atoms with van der Waals surface area (Å²) in [6, 6.07) is 11.1. The van der Waals surface area contributed by atoms with Crippen LogP contribution in [0.5, 0.6) is 0 Å². The van der Waals surface area contributed by atoms with Crippen LogP contribution in [0, 0.1) is 5.92 Å². The largest absolute Gasteiger partial charge is 0.330 e. The van der Waals surface area contributed by atoms with E-state index in [1.54, 1.807) is 16.4 Å². The van der Waals surface area contributed by atoms with Gasteiger partial charge in [0.25, 0.3) is 0 Å². The second kappa shape index (κ2) is 6.84. The number of nitrogens with zero attached hydrogens (tertiary/aromatic N) is 1. The average molecular weight is 406 g/mol. The number of nitrogens with two attached hydrogens (primary N) is 1. The minimum Gasteiger partial charge on any atom is -0.330 e. The third-order valence-electron chi connectivity index (χ3n) is 3.99. The number of fused-ring (bicyclic) bond motifs is 1. The third kappa shape index (κ3) is 3.31. The number of sulfonamides is 1. The van der Waals surface area contributed by atoms with Gasteiger partial charge in [-0.3, -0.25) is 0 Å². The minimum absolute atomic E-state index is 0. The van der Waals surface area contributed by atoms with Crippen LogP contribution in [0.3, 0.4) is 0 Å². The van der Waals surface area contributed by atoms with E-state index in [1.807, 2.05) is 24.3 Å². The van der Waals surface area contributed by atoms with Gasteiger partial charge in [0.05, 0.1) is 4.90 Å². The quantitative estimate of drug-likeness (QED) is 0.854. The molecule has 1 heterocycles. The molecular weight excluding hydrogens is 388 g/mol. The first-order chi connectivity index (χ1) is 10.0. The zero-order chi connectivity index (χ0) is 15.0. The molecule has 22 heavy (non-hydrogen) atoms. The number of hydrogen-bond acceptors (Lipinski definition) is 3. The summed E-state index contributed by atoms with van der Waals surface area (Å²) >= 11 is 3.42. The Morgan fingerprint density at radius 2 is 1.86 bits per heavy atom. The fourth-order valence-corrected chi connectivity index (χ4v) is 4.66. The SMILES string of the molecule is Cl.NCC1CCN(S(=O)(=O)c2ccc3cc(Br)ccc3c2)C1. The standard InChI is InChI=1S/C15H17BrN2O2S.ClH/c16-14-3-1-13-8-15(4-2-12(13)7-14)21(19,20)18-6-5-11(9-17)10-18;/h1-4,7-8,11H,5-6,9-10,17H2;1H. The van der Waals surface area contributed by atoms with E-state index in [2.05, 4.69) is 15.9 Å². The predicted molar refractivity (Wildman–Crippen MR) is 94.8 cm³/mol. The molecule has 0 aliphatic carbocycles. The first-order valence-corrected chi connectivity index (χ1v) is 9.13. The van der Waals surface area contributed by atoms with E-state index in [4.69, 9.17) is 5.73 Å². The zero-order valence-corrected chi connectivity index (χ0v) is 15.1. The van der Waals surface area contributed by atoms with Crippen molar-refractivity contribution in [2.75, 3.05) is 19.6 Å². The van der Waals surface area contributed by atoms with Crippen LogP contribution in [0.2, 0.25) is 0 Å². The van der Waals surface area contributed by atoms with Crippen molar-refractivity contribution in [3.05, 3.63) is 40.9 Å². The zero-order valence-electron chi connectivity index (χ0n) is 11.9. The van der Waals surface area contributed by atoms with Gasteiger partial charge in [0, 0.05) is 17.6 Å². The highest BCUT2D eigenvalue weighted by atomic mass is 79.9. The molecule has 0 saturated carbocycles. The predicted octanol–water partition coefficient (Wildman–Crippen LogP) is 2.99. The van der Waals surface area contributed by atoms with Crippen LogP contribution in [-0.4, -0.2) is 32.4 Å². The highest BCUT2D eigenvalue weighted by Crippen LogP contribution is 2.27. The summed E-state index contributed by atoms with van der Waals surface area (Å²) in [5, 5.41) is 1.94. The lowest BCUT2D eigenvalue weighted by atomic mass is 10.1. The Morgan fingerprint density at radius 1 is 1.18 bits per heavy atom. The van der Waals surface area contributed by atoms with Gasteiger partial charge in [0.15, 0.2) is 0 Å². The number of rotatable bonds is 3. The Morgan fingerprint density at radius 3 is 2.55 bits per heavy atom. The molecule has 0 spiro atoms. The molecule has 0 aromatic heterocycles. The lowest BCUT2D eigenvalue weighted by Crippen LogP contribution is -2.30. The molecule has 1 fully saturated rings. The molecular formula is C15H18BrClN2O2S. The molecule has 7 heteroatoms. The second-order valence-corrected chi connectivity index (χ2v) is 8.26. The van der Waals surface area contributed by atoms with Crippen molar-refractivity contribution in [2.24, 2.45) is 11.7 Å². The Bertz CT molecular complexity index is 782. The Labute approximate surface area is 145 Å². The summed E-state index contributed by atoms with van der Waals surface area (Å²) in [7, 11) is -3.42. The Balaban J connectivity index is 0.00000176. The maximum atomic E-state index is 12.7. The molecule has 120 valence electrons. The van der Waals surface area contributed by atoms with Gasteiger partial charge in [-0.2, -0.15) is 4.31 Å². The average Bonchev–Trinajstić information content (AvgIpc) is 2.96. The maximum Gasteiger partial charge on any atom is 0.243 e. The molecule has 0 amide bonds. The summed E-state index contributed by atoms with van der Waals surface area (Å²) in [6.45, 7) is 1.62. The Hall–Kier alpha value is -0.660. The van der Waals surface area contributed by atoms with Gasteiger partial charge in [-0.1, -0.05) is 28.1 Å². The van der Waals surface area contributed by atoms with Crippen LogP contribution >= 0.6 is 28.3 Å². The first kappa shape index (κ1) is 17.7. The molecule has 2 N–H and O–H groups in total. The highest BCUT2D eigenvalue weighted by Gasteiger charge is 2.31. The monoisotopic (exact) mass is 404 g/mol. The van der Waals surface area contributed by atoms with Crippen LogP contribution in [0.15, 0.2) is 45.8 Å². The number of halogens is 2. The van der Waals surface area contributed by atoms with Crippen molar-refractivity contribution < 1.29 is 8.42 Å². The van der Waals surface area contributed by atoms with Crippen LogP contribution < -0.4 is 5.73 Å². The van der Waals surface area contributed by atoms with E-state index < -0.39 is 10.0 Å². The van der Waals surface area contributed by atoms with E-state index in [9.17, 15) is 8.42 Å². The van der Waals surface area contributed by atoms with Gasteiger partial charge in [-0.15, -0.1) is 12.4 Å². The fraction of sp³-hybridized carbons (Fsp3) is 0.333. The second-order valence-electron chi connectivity index (χ2n) is 5.41. The van der Waals surface area contributed by atoms with Crippen molar-refractivity contribution in [3.8, 4) is 0 Å². The van der Waals surface area contributed by atoms with Gasteiger partial charge in [0.1, 0.15) is 0 Å². The highest BCUT2D eigenvalue weighted by molar-refractivity contribution is 9.10. The van der Waals surface area contributed by atoms with Crippen LogP contribution in [0.25, 0.3) is 10.8 Å². The van der Waals surface area contributed by atoms with Crippen molar-refractivity contribution in [3.63, 3.8) is 0 Å². The molecule has 1 aliphatic rings. The molecule has 2 aromatic carbocycles. The van der Waals surface area contributed by atoms with E-state index >= 15 is 0 Å². The van der Waals surface area contributed by atoms with Crippen molar-refractivity contribution in [2.45, 2.75) is 11.3 Å². The van der Waals surface area contributed by atoms with E-state index in [0.717, 1.165) is 21.7 Å². The Kier molecular flexibility index (Phi) is 5.50. The summed E-state index contributed by atoms with van der Waals surface area (Å²) in [4.78, 5) is 0.356. The lowest BCUT2D eigenvalue weighted by molar-refractivity contribution is 0.459. The molecule has 0 radical (unpaired) electrons. The van der Waals surface area contributed by atoms with Crippen LogP contribution in [-0.2, 0) is 10.0 Å². The summed E-state index contributed by atoms with van der Waals surface area (Å²) in [5.41, 5.74) is 5.64.